The predicted molar refractivity (Wildman–Crippen MR) is 128 cm³/mol. The molecule has 1 aromatic heterocycles. The topological polar surface area (TPSA) is 79.2 Å². The molecule has 4 rings (SSSR count). The van der Waals surface area contributed by atoms with Crippen LogP contribution in [-0.4, -0.2) is 66.4 Å². The third-order valence-corrected chi connectivity index (χ3v) is 6.91. The molecule has 0 aliphatic carbocycles. The lowest BCUT2D eigenvalue weighted by atomic mass is 9.89. The number of aromatic nitrogens is 1. The third kappa shape index (κ3) is 5.04. The molecule has 2 aliphatic heterocycles. The van der Waals surface area contributed by atoms with Crippen LogP contribution in [0.2, 0.25) is 0 Å². The second-order valence-corrected chi connectivity index (χ2v) is 9.44. The molecule has 1 fully saturated rings. The molecule has 2 aliphatic rings. The van der Waals surface area contributed by atoms with Crippen LogP contribution >= 0.6 is 11.6 Å². The van der Waals surface area contributed by atoms with Crippen molar-refractivity contribution in [2.45, 2.75) is 63.8 Å². The zero-order chi connectivity index (χ0) is 24.2. The van der Waals surface area contributed by atoms with Gasteiger partial charge in [0.1, 0.15) is 0 Å². The second-order valence-electron chi connectivity index (χ2n) is 8.82. The highest BCUT2D eigenvalue weighted by Gasteiger charge is 2.35. The van der Waals surface area contributed by atoms with Crippen molar-refractivity contribution in [3.8, 4) is 0 Å². The summed E-state index contributed by atoms with van der Waals surface area (Å²) < 4.78 is 24.0. The molecule has 0 bridgehead atoms. The summed E-state index contributed by atoms with van der Waals surface area (Å²) in [4.78, 5) is 27.7. The predicted octanol–water partition coefficient (Wildman–Crippen LogP) is 4.93. The van der Waals surface area contributed by atoms with Gasteiger partial charge in [0.05, 0.1) is 25.8 Å². The fourth-order valence-corrected chi connectivity index (χ4v) is 5.34. The first kappa shape index (κ1) is 24.8. The Morgan fingerprint density at radius 3 is 2.59 bits per heavy atom. The van der Waals surface area contributed by atoms with E-state index in [1.807, 2.05) is 24.3 Å². The number of para-hydroxylation sites is 1. The van der Waals surface area contributed by atoms with Crippen molar-refractivity contribution < 1.29 is 28.5 Å². The summed E-state index contributed by atoms with van der Waals surface area (Å²) >= 11 is 6.00. The van der Waals surface area contributed by atoms with E-state index in [9.17, 15) is 9.59 Å². The maximum Gasteiger partial charge on any atom is 0.418 e. The first-order valence-electron chi connectivity index (χ1n) is 12.0. The van der Waals surface area contributed by atoms with Crippen molar-refractivity contribution in [1.29, 1.82) is 0 Å². The number of ether oxygens (including phenoxy) is 4. The van der Waals surface area contributed by atoms with Crippen LogP contribution in [0.5, 0.6) is 0 Å². The first-order chi connectivity index (χ1) is 16.4. The molecule has 1 amide bonds. The number of rotatable bonds is 3. The molecule has 2 aromatic rings. The van der Waals surface area contributed by atoms with Gasteiger partial charge >= 0.3 is 12.2 Å². The van der Waals surface area contributed by atoms with E-state index in [4.69, 9.17) is 30.5 Å². The molecule has 8 nitrogen and oxygen atoms in total. The number of fused-ring (bicyclic) bond motifs is 3. The van der Waals surface area contributed by atoms with E-state index in [-0.39, 0.29) is 18.2 Å². The number of hydrogen-bond acceptors (Lipinski definition) is 6. The average Bonchev–Trinajstić information content (AvgIpc) is 3.46. The summed E-state index contributed by atoms with van der Waals surface area (Å²) in [6, 6.07) is 7.77. The van der Waals surface area contributed by atoms with Gasteiger partial charge in [-0.25, -0.2) is 14.2 Å². The van der Waals surface area contributed by atoms with Gasteiger partial charge in [0.15, 0.2) is 11.9 Å². The second kappa shape index (κ2) is 11.0. The van der Waals surface area contributed by atoms with Crippen LogP contribution in [0.4, 0.5) is 9.59 Å². The zero-order valence-corrected chi connectivity index (χ0v) is 20.8. The average molecular weight is 493 g/mol. The fraction of sp³-hybridized carbons (Fsp3) is 0.600. The number of benzene rings is 1. The molecule has 1 saturated heterocycles. The Labute approximate surface area is 205 Å². The van der Waals surface area contributed by atoms with Gasteiger partial charge in [-0.1, -0.05) is 36.7 Å². The molecule has 3 heterocycles. The van der Waals surface area contributed by atoms with E-state index in [0.717, 1.165) is 35.0 Å². The van der Waals surface area contributed by atoms with Crippen molar-refractivity contribution in [3.63, 3.8) is 0 Å². The van der Waals surface area contributed by atoms with Gasteiger partial charge in [-0.05, 0) is 50.7 Å². The molecule has 0 spiro atoms. The Bertz CT molecular complexity index is 1020. The number of carbonyl (C=O) groups excluding carboxylic acids is 2. The molecular weight excluding hydrogens is 460 g/mol. The van der Waals surface area contributed by atoms with E-state index >= 15 is 0 Å². The highest BCUT2D eigenvalue weighted by atomic mass is 35.5. The molecular formula is C25H33ClN2O6. The normalized spacial score (nSPS) is 22.9. The SMILES string of the molecule is CC[C@H]1C[C@@H](C2OCCO2)CCc2c(c3ccccc3n2C(=O)OC)CCN1C(=O)OC(C)Cl. The van der Waals surface area contributed by atoms with Crippen molar-refractivity contribution in [2.75, 3.05) is 26.9 Å². The monoisotopic (exact) mass is 492 g/mol. The quantitative estimate of drug-likeness (QED) is 0.565. The van der Waals surface area contributed by atoms with Crippen molar-refractivity contribution >= 4 is 34.7 Å². The largest absolute Gasteiger partial charge is 0.452 e. The molecule has 34 heavy (non-hydrogen) atoms. The smallest absolute Gasteiger partial charge is 0.418 e. The fourth-order valence-electron chi connectivity index (χ4n) is 5.26. The molecule has 0 N–H and O–H groups in total. The maximum absolute atomic E-state index is 13.1. The summed E-state index contributed by atoms with van der Waals surface area (Å²) in [5, 5.41) is 0.987. The number of alkyl halides is 1. The number of amides is 1. The Kier molecular flexibility index (Phi) is 8.01. The molecule has 0 saturated carbocycles. The highest BCUT2D eigenvalue weighted by molar-refractivity contribution is 6.19. The Morgan fingerprint density at radius 2 is 1.91 bits per heavy atom. The van der Waals surface area contributed by atoms with Crippen LogP contribution < -0.4 is 0 Å². The van der Waals surface area contributed by atoms with E-state index in [2.05, 4.69) is 6.92 Å². The van der Waals surface area contributed by atoms with Gasteiger partial charge in [-0.2, -0.15) is 0 Å². The van der Waals surface area contributed by atoms with E-state index in [0.29, 0.717) is 39.0 Å². The van der Waals surface area contributed by atoms with Crippen LogP contribution in [-0.2, 0) is 31.8 Å². The minimum Gasteiger partial charge on any atom is -0.452 e. The summed E-state index contributed by atoms with van der Waals surface area (Å²) in [6.45, 7) is 5.26. The molecule has 186 valence electrons. The minimum atomic E-state index is -0.727. The van der Waals surface area contributed by atoms with Crippen molar-refractivity contribution in [3.05, 3.63) is 35.5 Å². The molecule has 0 radical (unpaired) electrons. The lowest BCUT2D eigenvalue weighted by Gasteiger charge is -2.35. The van der Waals surface area contributed by atoms with Gasteiger partial charge in [-0.3, -0.25) is 0 Å². The van der Waals surface area contributed by atoms with E-state index < -0.39 is 17.7 Å². The van der Waals surface area contributed by atoms with Gasteiger partial charge in [-0.15, -0.1) is 0 Å². The van der Waals surface area contributed by atoms with Crippen LogP contribution in [0.15, 0.2) is 24.3 Å². The Hall–Kier alpha value is -2.29. The van der Waals surface area contributed by atoms with Crippen LogP contribution in [0, 0.1) is 5.92 Å². The lowest BCUT2D eigenvalue weighted by Crippen LogP contribution is -2.45. The Balaban J connectivity index is 1.79. The maximum atomic E-state index is 13.1. The lowest BCUT2D eigenvalue weighted by molar-refractivity contribution is -0.0929. The first-order valence-corrected chi connectivity index (χ1v) is 12.4. The number of hydrogen-bond donors (Lipinski definition) is 0. The van der Waals surface area contributed by atoms with Crippen molar-refractivity contribution in [2.24, 2.45) is 5.92 Å². The third-order valence-electron chi connectivity index (χ3n) is 6.82. The molecule has 3 atom stereocenters. The minimum absolute atomic E-state index is 0.0452. The van der Waals surface area contributed by atoms with Crippen molar-refractivity contribution in [1.82, 2.24) is 9.47 Å². The Morgan fingerprint density at radius 1 is 1.18 bits per heavy atom. The molecule has 9 heteroatoms. The summed E-state index contributed by atoms with van der Waals surface area (Å²) in [5.41, 5.74) is 2.03. The number of carbonyl (C=O) groups is 2. The van der Waals surface area contributed by atoms with Gasteiger partial charge in [0.25, 0.3) is 0 Å². The highest BCUT2D eigenvalue weighted by Crippen LogP contribution is 2.34. The standard InChI is InChI=1S/C25H33ClN2O6/c1-4-18-15-17(23-32-13-14-33-23)9-10-22-20(11-12-27(18)24(29)34-16(2)26)19-7-5-6-8-21(19)28(22)25(30)31-3/h5-8,16-18,23H,4,9-15H2,1-3H3/t16?,17-,18-/m0/s1. The number of halogens is 1. The van der Waals surface area contributed by atoms with Crippen LogP contribution in [0.3, 0.4) is 0 Å². The summed E-state index contributed by atoms with van der Waals surface area (Å²) in [5.74, 6) is 0.0474. The van der Waals surface area contributed by atoms with E-state index in [1.54, 1.807) is 16.4 Å². The molecule has 1 unspecified atom stereocenters. The number of methoxy groups -OCH3 is 1. The van der Waals surface area contributed by atoms with Gasteiger partial charge in [0.2, 0.25) is 0 Å². The van der Waals surface area contributed by atoms with Crippen LogP contribution in [0.1, 0.15) is 44.4 Å². The number of nitrogens with zero attached hydrogens (tertiary/aromatic N) is 2. The van der Waals surface area contributed by atoms with Gasteiger partial charge < -0.3 is 23.8 Å². The molecule has 1 aromatic carbocycles. The van der Waals surface area contributed by atoms with E-state index in [1.165, 1.54) is 7.11 Å². The summed E-state index contributed by atoms with van der Waals surface area (Å²) in [6.07, 6.45) is 2.30. The van der Waals surface area contributed by atoms with Crippen LogP contribution in [0.25, 0.3) is 10.9 Å². The summed E-state index contributed by atoms with van der Waals surface area (Å²) in [7, 11) is 1.39. The zero-order valence-electron chi connectivity index (χ0n) is 20.0. The van der Waals surface area contributed by atoms with Gasteiger partial charge in [0, 0.05) is 29.6 Å².